The Bertz CT molecular complexity index is 771. The minimum atomic E-state index is -0.647. The Labute approximate surface area is 139 Å². The molecular weight excluding hydrogens is 314 g/mol. The standard InChI is InChI=1S/C15H19N5O4/c1-8-9(2)17-14(10(3)16-8)15(22)24-11(4)12-6-20(19-18-12)7-13(21)23-5/h6,11H,7H2,1-5H3. The Morgan fingerprint density at radius 3 is 2.50 bits per heavy atom. The van der Waals surface area contributed by atoms with Crippen LogP contribution in [0.2, 0.25) is 0 Å². The van der Waals surface area contributed by atoms with Crippen LogP contribution >= 0.6 is 0 Å². The van der Waals surface area contributed by atoms with Gasteiger partial charge in [-0.1, -0.05) is 5.21 Å². The van der Waals surface area contributed by atoms with Crippen molar-refractivity contribution in [3.8, 4) is 0 Å². The minimum absolute atomic E-state index is 0.0636. The molecule has 0 aliphatic rings. The smallest absolute Gasteiger partial charge is 0.359 e. The highest BCUT2D eigenvalue weighted by Crippen LogP contribution is 2.17. The lowest BCUT2D eigenvalue weighted by Gasteiger charge is -2.12. The van der Waals surface area contributed by atoms with Gasteiger partial charge in [-0.15, -0.1) is 5.10 Å². The molecule has 1 unspecified atom stereocenters. The van der Waals surface area contributed by atoms with E-state index in [1.807, 2.05) is 6.92 Å². The van der Waals surface area contributed by atoms with Crippen LogP contribution in [0, 0.1) is 20.8 Å². The highest BCUT2D eigenvalue weighted by molar-refractivity contribution is 5.88. The Kier molecular flexibility index (Phi) is 5.22. The van der Waals surface area contributed by atoms with Crippen molar-refractivity contribution >= 4 is 11.9 Å². The van der Waals surface area contributed by atoms with Crippen LogP contribution in [0.1, 0.15) is 46.3 Å². The highest BCUT2D eigenvalue weighted by Gasteiger charge is 2.21. The van der Waals surface area contributed by atoms with Gasteiger partial charge in [0.2, 0.25) is 0 Å². The molecule has 9 nitrogen and oxygen atoms in total. The van der Waals surface area contributed by atoms with E-state index in [0.29, 0.717) is 17.1 Å². The second-order valence-electron chi connectivity index (χ2n) is 5.29. The van der Waals surface area contributed by atoms with E-state index in [9.17, 15) is 9.59 Å². The normalized spacial score (nSPS) is 11.9. The summed E-state index contributed by atoms with van der Waals surface area (Å²) < 4.78 is 11.2. The summed E-state index contributed by atoms with van der Waals surface area (Å²) in [5.41, 5.74) is 2.53. The van der Waals surface area contributed by atoms with Crippen molar-refractivity contribution in [3.63, 3.8) is 0 Å². The van der Waals surface area contributed by atoms with Gasteiger partial charge in [-0.25, -0.2) is 14.5 Å². The maximum absolute atomic E-state index is 12.3. The van der Waals surface area contributed by atoms with Crippen LogP contribution in [0.3, 0.4) is 0 Å². The second-order valence-corrected chi connectivity index (χ2v) is 5.29. The molecule has 0 aromatic carbocycles. The summed E-state index contributed by atoms with van der Waals surface area (Å²) >= 11 is 0. The first-order valence-corrected chi connectivity index (χ1v) is 7.31. The van der Waals surface area contributed by atoms with E-state index in [4.69, 9.17) is 4.74 Å². The molecule has 2 aromatic rings. The number of aryl methyl sites for hydroxylation is 3. The van der Waals surface area contributed by atoms with Crippen LogP contribution < -0.4 is 0 Å². The average Bonchev–Trinajstić information content (AvgIpc) is 2.99. The van der Waals surface area contributed by atoms with Gasteiger partial charge in [-0.05, 0) is 27.7 Å². The minimum Gasteiger partial charge on any atom is -0.468 e. The third kappa shape index (κ3) is 3.92. The van der Waals surface area contributed by atoms with Gasteiger partial charge in [-0.3, -0.25) is 9.78 Å². The van der Waals surface area contributed by atoms with Crippen molar-refractivity contribution < 1.29 is 19.1 Å². The van der Waals surface area contributed by atoms with Crippen LogP contribution in [-0.4, -0.2) is 44.0 Å². The average molecular weight is 333 g/mol. The molecule has 0 saturated carbocycles. The van der Waals surface area contributed by atoms with E-state index in [-0.39, 0.29) is 12.2 Å². The van der Waals surface area contributed by atoms with E-state index in [1.54, 1.807) is 20.8 Å². The Hall–Kier alpha value is -2.84. The van der Waals surface area contributed by atoms with Crippen molar-refractivity contribution in [1.29, 1.82) is 0 Å². The predicted octanol–water partition coefficient (Wildman–Crippen LogP) is 1.08. The fourth-order valence-electron chi connectivity index (χ4n) is 1.96. The first-order valence-electron chi connectivity index (χ1n) is 7.31. The molecular formula is C15H19N5O4. The Morgan fingerprint density at radius 2 is 1.83 bits per heavy atom. The van der Waals surface area contributed by atoms with Gasteiger partial charge in [-0.2, -0.15) is 0 Å². The Balaban J connectivity index is 2.09. The number of aromatic nitrogens is 5. The molecule has 128 valence electrons. The first kappa shape index (κ1) is 17.5. The third-order valence-corrected chi connectivity index (χ3v) is 3.45. The largest absolute Gasteiger partial charge is 0.468 e. The van der Waals surface area contributed by atoms with Gasteiger partial charge in [0.1, 0.15) is 18.3 Å². The molecule has 0 spiro atoms. The zero-order valence-corrected chi connectivity index (χ0v) is 14.2. The number of rotatable bonds is 5. The van der Waals surface area contributed by atoms with E-state index in [2.05, 4.69) is 25.0 Å². The van der Waals surface area contributed by atoms with E-state index in [1.165, 1.54) is 18.0 Å². The highest BCUT2D eigenvalue weighted by atomic mass is 16.5. The monoisotopic (exact) mass is 333 g/mol. The van der Waals surface area contributed by atoms with Gasteiger partial charge in [0.05, 0.1) is 30.4 Å². The van der Waals surface area contributed by atoms with Gasteiger partial charge in [0.25, 0.3) is 0 Å². The number of methoxy groups -OCH3 is 1. The molecule has 0 aliphatic heterocycles. The summed E-state index contributed by atoms with van der Waals surface area (Å²) in [6.45, 7) is 6.90. The lowest BCUT2D eigenvalue weighted by atomic mass is 10.2. The molecule has 0 saturated heterocycles. The van der Waals surface area contributed by atoms with Crippen LogP contribution in [-0.2, 0) is 20.8 Å². The summed E-state index contributed by atoms with van der Waals surface area (Å²) in [7, 11) is 1.29. The molecule has 1 atom stereocenters. The molecule has 2 rings (SSSR count). The predicted molar refractivity (Wildman–Crippen MR) is 82.1 cm³/mol. The van der Waals surface area contributed by atoms with E-state index >= 15 is 0 Å². The van der Waals surface area contributed by atoms with Crippen LogP contribution in [0.4, 0.5) is 0 Å². The van der Waals surface area contributed by atoms with Crippen molar-refractivity contribution in [1.82, 2.24) is 25.0 Å². The number of carbonyl (C=O) groups is 2. The molecule has 2 heterocycles. The molecule has 0 bridgehead atoms. The maximum Gasteiger partial charge on any atom is 0.359 e. The number of esters is 2. The van der Waals surface area contributed by atoms with Gasteiger partial charge >= 0.3 is 11.9 Å². The van der Waals surface area contributed by atoms with Crippen molar-refractivity contribution in [2.45, 2.75) is 40.3 Å². The number of hydrogen-bond donors (Lipinski definition) is 0. The van der Waals surface area contributed by atoms with E-state index < -0.39 is 18.0 Å². The molecule has 0 aliphatic carbocycles. The zero-order valence-electron chi connectivity index (χ0n) is 14.2. The lowest BCUT2D eigenvalue weighted by Crippen LogP contribution is -2.15. The number of carbonyl (C=O) groups excluding carboxylic acids is 2. The third-order valence-electron chi connectivity index (χ3n) is 3.45. The lowest BCUT2D eigenvalue weighted by molar-refractivity contribution is -0.141. The summed E-state index contributed by atoms with van der Waals surface area (Å²) in [6.07, 6.45) is 0.875. The molecule has 0 radical (unpaired) electrons. The molecule has 0 fully saturated rings. The Morgan fingerprint density at radius 1 is 1.17 bits per heavy atom. The summed E-state index contributed by atoms with van der Waals surface area (Å²) in [5.74, 6) is -1.03. The summed E-state index contributed by atoms with van der Waals surface area (Å²) in [6, 6.07) is 0. The second kappa shape index (κ2) is 7.16. The van der Waals surface area contributed by atoms with E-state index in [0.717, 1.165) is 5.69 Å². The maximum atomic E-state index is 12.3. The van der Waals surface area contributed by atoms with Crippen LogP contribution in [0.15, 0.2) is 6.20 Å². The zero-order chi connectivity index (χ0) is 17.9. The van der Waals surface area contributed by atoms with Crippen molar-refractivity contribution in [2.24, 2.45) is 0 Å². The van der Waals surface area contributed by atoms with Gasteiger partial charge in [0, 0.05) is 0 Å². The van der Waals surface area contributed by atoms with Crippen molar-refractivity contribution in [3.05, 3.63) is 34.7 Å². The SMILES string of the molecule is COC(=O)Cn1cc(C(C)OC(=O)c2nc(C)c(C)nc2C)nn1. The van der Waals surface area contributed by atoms with Gasteiger partial charge in [0.15, 0.2) is 5.69 Å². The topological polar surface area (TPSA) is 109 Å². The quantitative estimate of drug-likeness (QED) is 0.748. The van der Waals surface area contributed by atoms with Gasteiger partial charge < -0.3 is 9.47 Å². The molecule has 0 N–H and O–H groups in total. The van der Waals surface area contributed by atoms with Crippen molar-refractivity contribution in [2.75, 3.05) is 7.11 Å². The summed E-state index contributed by atoms with van der Waals surface area (Å²) in [5, 5.41) is 7.69. The molecule has 2 aromatic heterocycles. The first-order chi connectivity index (χ1) is 11.3. The van der Waals surface area contributed by atoms with Crippen LogP contribution in [0.25, 0.3) is 0 Å². The summed E-state index contributed by atoms with van der Waals surface area (Å²) in [4.78, 5) is 32.0. The molecule has 24 heavy (non-hydrogen) atoms. The molecule has 0 amide bonds. The fourth-order valence-corrected chi connectivity index (χ4v) is 1.96. The van der Waals surface area contributed by atoms with Crippen LogP contribution in [0.5, 0.6) is 0 Å². The fraction of sp³-hybridized carbons (Fsp3) is 0.467. The number of ether oxygens (including phenoxy) is 2. The molecule has 9 heteroatoms. The number of nitrogens with zero attached hydrogens (tertiary/aromatic N) is 5. The number of hydrogen-bond acceptors (Lipinski definition) is 8.